The highest BCUT2D eigenvalue weighted by Crippen LogP contribution is 2.21. The number of amides is 1. The molecule has 1 amide bonds. The van der Waals surface area contributed by atoms with Gasteiger partial charge in [-0.15, -0.1) is 0 Å². The third kappa shape index (κ3) is 5.70. The largest absolute Gasteiger partial charge is 0.473 e. The highest BCUT2D eigenvalue weighted by molar-refractivity contribution is 6.27. The third-order valence-electron chi connectivity index (χ3n) is 5.52. The van der Waals surface area contributed by atoms with Crippen molar-refractivity contribution >= 4 is 28.6 Å². The number of rotatable bonds is 3. The molecule has 0 aromatic heterocycles. The standard InChI is InChI=1S/C23H24N2O.C2H2O4/c1-18-7-2-3-9-20(18)17-24-13-15-25(16-14-24)23(26)22-12-6-10-19-8-4-5-11-21(19)22;3-1(4)2(5)6/h2-12H,13-17H2,1H3;(H,3,4)(H,5,6). The Hall–Kier alpha value is -3.71. The van der Waals surface area contributed by atoms with Gasteiger partial charge in [-0.3, -0.25) is 9.69 Å². The smallest absolute Gasteiger partial charge is 0.414 e. The molecule has 0 unspecified atom stereocenters. The lowest BCUT2D eigenvalue weighted by molar-refractivity contribution is -0.159. The van der Waals surface area contributed by atoms with Crippen LogP contribution in [0, 0.1) is 6.92 Å². The highest BCUT2D eigenvalue weighted by atomic mass is 16.4. The number of benzene rings is 3. The number of hydrogen-bond donors (Lipinski definition) is 2. The number of carbonyl (C=O) groups excluding carboxylic acids is 1. The van der Waals surface area contributed by atoms with Crippen molar-refractivity contribution in [2.24, 2.45) is 0 Å². The normalized spacial score (nSPS) is 13.8. The molecule has 32 heavy (non-hydrogen) atoms. The van der Waals surface area contributed by atoms with Crippen LogP contribution in [0.4, 0.5) is 0 Å². The van der Waals surface area contributed by atoms with Gasteiger partial charge in [0.1, 0.15) is 0 Å². The van der Waals surface area contributed by atoms with Crippen LogP contribution in [0.15, 0.2) is 66.7 Å². The molecule has 0 spiro atoms. The minimum Gasteiger partial charge on any atom is -0.473 e. The first-order valence-corrected chi connectivity index (χ1v) is 10.4. The highest BCUT2D eigenvalue weighted by Gasteiger charge is 2.23. The molecule has 2 N–H and O–H groups in total. The fraction of sp³-hybridized carbons (Fsp3) is 0.240. The minimum atomic E-state index is -1.82. The summed E-state index contributed by atoms with van der Waals surface area (Å²) in [4.78, 5) is 35.7. The number of nitrogens with zero attached hydrogens (tertiary/aromatic N) is 2. The molecule has 4 rings (SSSR count). The average Bonchev–Trinajstić information content (AvgIpc) is 2.80. The van der Waals surface area contributed by atoms with Crippen molar-refractivity contribution in [1.29, 1.82) is 0 Å². The molecule has 1 saturated heterocycles. The lowest BCUT2D eigenvalue weighted by Crippen LogP contribution is -2.48. The van der Waals surface area contributed by atoms with Crippen molar-refractivity contribution in [2.45, 2.75) is 13.5 Å². The molecule has 1 aliphatic rings. The first-order valence-electron chi connectivity index (χ1n) is 10.4. The van der Waals surface area contributed by atoms with Crippen molar-refractivity contribution in [3.63, 3.8) is 0 Å². The zero-order chi connectivity index (χ0) is 23.1. The summed E-state index contributed by atoms with van der Waals surface area (Å²) in [5.41, 5.74) is 3.53. The zero-order valence-corrected chi connectivity index (χ0v) is 17.9. The fourth-order valence-corrected chi connectivity index (χ4v) is 3.72. The Morgan fingerprint density at radius 2 is 1.38 bits per heavy atom. The summed E-state index contributed by atoms with van der Waals surface area (Å²) in [6, 6.07) is 22.6. The summed E-state index contributed by atoms with van der Waals surface area (Å²) in [5, 5.41) is 16.9. The molecule has 0 atom stereocenters. The third-order valence-corrected chi connectivity index (χ3v) is 5.52. The number of carbonyl (C=O) groups is 3. The van der Waals surface area contributed by atoms with Gasteiger partial charge < -0.3 is 15.1 Å². The van der Waals surface area contributed by atoms with E-state index in [4.69, 9.17) is 19.8 Å². The Bertz CT molecular complexity index is 1100. The number of aryl methyl sites for hydroxylation is 1. The number of hydrogen-bond acceptors (Lipinski definition) is 4. The molecular weight excluding hydrogens is 408 g/mol. The predicted molar refractivity (Wildman–Crippen MR) is 122 cm³/mol. The number of carboxylic acids is 2. The van der Waals surface area contributed by atoms with E-state index < -0.39 is 11.9 Å². The number of fused-ring (bicyclic) bond motifs is 1. The van der Waals surface area contributed by atoms with Gasteiger partial charge in [-0.25, -0.2) is 9.59 Å². The summed E-state index contributed by atoms with van der Waals surface area (Å²) < 4.78 is 0. The number of aliphatic carboxylic acids is 2. The van der Waals surface area contributed by atoms with Crippen molar-refractivity contribution < 1.29 is 24.6 Å². The summed E-state index contributed by atoms with van der Waals surface area (Å²) in [6.45, 7) is 6.54. The molecule has 1 aliphatic heterocycles. The second-order valence-corrected chi connectivity index (χ2v) is 7.63. The second-order valence-electron chi connectivity index (χ2n) is 7.63. The maximum absolute atomic E-state index is 13.0. The van der Waals surface area contributed by atoms with E-state index in [1.54, 1.807) is 0 Å². The van der Waals surface area contributed by atoms with Gasteiger partial charge in [0.15, 0.2) is 0 Å². The van der Waals surface area contributed by atoms with Crippen molar-refractivity contribution in [2.75, 3.05) is 26.2 Å². The molecule has 7 nitrogen and oxygen atoms in total. The first kappa shape index (κ1) is 23.0. The molecule has 1 heterocycles. The van der Waals surface area contributed by atoms with Crippen LogP contribution in [0.1, 0.15) is 21.5 Å². The van der Waals surface area contributed by atoms with E-state index in [2.05, 4.69) is 48.2 Å². The van der Waals surface area contributed by atoms with Crippen LogP contribution in [0.5, 0.6) is 0 Å². The molecule has 1 fully saturated rings. The van der Waals surface area contributed by atoms with Gasteiger partial charge in [0.2, 0.25) is 0 Å². The van der Waals surface area contributed by atoms with E-state index in [9.17, 15) is 4.79 Å². The van der Waals surface area contributed by atoms with Crippen LogP contribution >= 0.6 is 0 Å². The fourth-order valence-electron chi connectivity index (χ4n) is 3.72. The Morgan fingerprint density at radius 1 is 0.781 bits per heavy atom. The van der Waals surface area contributed by atoms with Gasteiger partial charge in [0, 0.05) is 38.3 Å². The molecule has 0 radical (unpaired) electrons. The topological polar surface area (TPSA) is 98.2 Å². The van der Waals surface area contributed by atoms with E-state index in [-0.39, 0.29) is 5.91 Å². The van der Waals surface area contributed by atoms with Crippen LogP contribution in [0.25, 0.3) is 10.8 Å². The number of piperazine rings is 1. The van der Waals surface area contributed by atoms with Gasteiger partial charge in [0.25, 0.3) is 5.91 Å². The minimum absolute atomic E-state index is 0.150. The van der Waals surface area contributed by atoms with Crippen LogP contribution in [0.2, 0.25) is 0 Å². The lowest BCUT2D eigenvalue weighted by atomic mass is 10.0. The molecule has 3 aromatic rings. The van der Waals surface area contributed by atoms with Crippen LogP contribution in [-0.4, -0.2) is 64.0 Å². The Balaban J connectivity index is 0.000000427. The Labute approximate surface area is 186 Å². The van der Waals surface area contributed by atoms with Crippen molar-refractivity contribution in [3.05, 3.63) is 83.4 Å². The monoisotopic (exact) mass is 434 g/mol. The maximum Gasteiger partial charge on any atom is 0.414 e. The summed E-state index contributed by atoms with van der Waals surface area (Å²) in [6.07, 6.45) is 0. The van der Waals surface area contributed by atoms with Crippen LogP contribution in [0.3, 0.4) is 0 Å². The lowest BCUT2D eigenvalue weighted by Gasteiger charge is -2.35. The van der Waals surface area contributed by atoms with E-state index in [0.29, 0.717) is 0 Å². The first-order chi connectivity index (χ1) is 15.4. The van der Waals surface area contributed by atoms with Crippen LogP contribution in [-0.2, 0) is 16.1 Å². The molecule has 3 aromatic carbocycles. The van der Waals surface area contributed by atoms with Crippen molar-refractivity contribution in [3.8, 4) is 0 Å². The average molecular weight is 434 g/mol. The van der Waals surface area contributed by atoms with Gasteiger partial charge in [-0.2, -0.15) is 0 Å². The quantitative estimate of drug-likeness (QED) is 0.614. The molecule has 0 bridgehead atoms. The van der Waals surface area contributed by atoms with Gasteiger partial charge in [-0.05, 0) is 34.9 Å². The SMILES string of the molecule is Cc1ccccc1CN1CCN(C(=O)c2cccc3ccccc23)CC1.O=C(O)C(=O)O. The summed E-state index contributed by atoms with van der Waals surface area (Å²) in [7, 11) is 0. The maximum atomic E-state index is 13.0. The molecule has 0 aliphatic carbocycles. The van der Waals surface area contributed by atoms with E-state index >= 15 is 0 Å². The van der Waals surface area contributed by atoms with Gasteiger partial charge >= 0.3 is 11.9 Å². The van der Waals surface area contributed by atoms with Crippen LogP contribution < -0.4 is 0 Å². The molecular formula is C25H26N2O5. The van der Waals surface area contributed by atoms with Gasteiger partial charge in [-0.1, -0.05) is 60.7 Å². The van der Waals surface area contributed by atoms with E-state index in [1.165, 1.54) is 11.1 Å². The number of carboxylic acid groups (broad SMARTS) is 2. The second kappa shape index (κ2) is 10.5. The summed E-state index contributed by atoms with van der Waals surface area (Å²) in [5.74, 6) is -3.50. The summed E-state index contributed by atoms with van der Waals surface area (Å²) >= 11 is 0. The Kier molecular flexibility index (Phi) is 7.57. The predicted octanol–water partition coefficient (Wildman–Crippen LogP) is 3.26. The van der Waals surface area contributed by atoms with Gasteiger partial charge in [0.05, 0.1) is 0 Å². The van der Waals surface area contributed by atoms with E-state index in [1.807, 2.05) is 35.2 Å². The molecule has 166 valence electrons. The molecule has 7 heteroatoms. The van der Waals surface area contributed by atoms with Crippen molar-refractivity contribution in [1.82, 2.24) is 9.80 Å². The van der Waals surface area contributed by atoms with E-state index in [0.717, 1.165) is 49.1 Å². The Morgan fingerprint density at radius 3 is 2.03 bits per heavy atom. The zero-order valence-electron chi connectivity index (χ0n) is 17.9. The molecule has 0 saturated carbocycles.